The fourth-order valence-electron chi connectivity index (χ4n) is 9.11. The van der Waals surface area contributed by atoms with E-state index in [1.54, 1.807) is 98.7 Å². The minimum absolute atomic E-state index is 0.0194. The maximum Gasteiger partial charge on any atom is 0.442 e. The Kier molecular flexibility index (Phi) is 25.5. The van der Waals surface area contributed by atoms with E-state index in [0.717, 1.165) is 41.0 Å². The van der Waals surface area contributed by atoms with Gasteiger partial charge in [0.15, 0.2) is 5.78 Å². The van der Waals surface area contributed by atoms with Crippen molar-refractivity contribution in [2.24, 2.45) is 0 Å². The second-order valence-electron chi connectivity index (χ2n) is 29.5. The van der Waals surface area contributed by atoms with Crippen molar-refractivity contribution in [3.05, 3.63) is 183 Å². The van der Waals surface area contributed by atoms with Crippen molar-refractivity contribution >= 4 is 81.3 Å². The first-order valence-corrected chi connectivity index (χ1v) is 38.2. The molecule has 0 aromatic heterocycles. The van der Waals surface area contributed by atoms with Crippen LogP contribution in [0.25, 0.3) is 0 Å². The molecule has 0 radical (unpaired) electrons. The summed E-state index contributed by atoms with van der Waals surface area (Å²) in [5.74, 6) is -4.18. The molecule has 0 saturated carbocycles. The van der Waals surface area contributed by atoms with Crippen molar-refractivity contribution in [2.75, 3.05) is 0 Å². The van der Waals surface area contributed by atoms with Crippen LogP contribution in [-0.4, -0.2) is 84.6 Å². The van der Waals surface area contributed by atoms with Crippen LogP contribution in [0.15, 0.2) is 152 Å². The van der Waals surface area contributed by atoms with Crippen LogP contribution in [0.3, 0.4) is 0 Å². The minimum atomic E-state index is -6.48. The Bertz CT molecular complexity index is 4470. The number of ketones is 1. The lowest BCUT2D eigenvalue weighted by atomic mass is 9.84. The Morgan fingerprint density at radius 1 is 0.297 bits per heavy atom. The quantitative estimate of drug-likeness (QED) is 0.0316. The molecule has 562 valence electrons. The molecule has 6 rings (SSSR count). The lowest BCUT2D eigenvalue weighted by molar-refractivity contribution is -0.0947. The zero-order valence-corrected chi connectivity index (χ0v) is 63.5. The molecule has 6 aromatic rings. The van der Waals surface area contributed by atoms with E-state index in [1.165, 1.54) is 60.7 Å². The number of benzene rings is 6. The predicted octanol–water partition coefficient (Wildman–Crippen LogP) is 20.5. The maximum absolute atomic E-state index is 15.3. The Hall–Kier alpha value is -5.26. The van der Waals surface area contributed by atoms with Crippen molar-refractivity contribution in [3.63, 3.8) is 0 Å². The molecule has 0 aliphatic heterocycles. The molecule has 0 atom stereocenters. The van der Waals surface area contributed by atoms with Crippen LogP contribution >= 0.6 is 35.3 Å². The smallest absolute Gasteiger partial charge is 0.289 e. The molecule has 0 unspecified atom stereocenters. The van der Waals surface area contributed by atoms with E-state index >= 15 is 8.78 Å². The van der Waals surface area contributed by atoms with Crippen LogP contribution in [-0.2, 0) is 78.6 Å². The molecule has 0 fully saturated rings. The number of carbonyl (C=O) groups excluding carboxylic acids is 1. The van der Waals surface area contributed by atoms with E-state index in [-0.39, 0.29) is 49.0 Å². The van der Waals surface area contributed by atoms with Gasteiger partial charge >= 0.3 is 61.9 Å². The number of halogens is 14. The summed E-state index contributed by atoms with van der Waals surface area (Å²) in [5.41, 5.74) is -1.29. The topological polar surface area (TPSA) is 214 Å². The molecule has 12 nitrogen and oxygen atoms in total. The van der Waals surface area contributed by atoms with Gasteiger partial charge in [-0.2, -0.15) is 86.7 Å². The normalized spacial score (nSPS) is 14.2. The van der Waals surface area contributed by atoms with E-state index in [9.17, 15) is 91.2 Å². The van der Waals surface area contributed by atoms with E-state index in [0.29, 0.717) is 6.07 Å². The Morgan fingerprint density at radius 2 is 0.545 bits per heavy atom. The molecule has 33 heteroatoms. The van der Waals surface area contributed by atoms with E-state index in [4.69, 9.17) is 13.7 Å². The van der Waals surface area contributed by atoms with E-state index in [1.807, 2.05) is 62.3 Å². The fourth-order valence-corrected chi connectivity index (χ4v) is 15.9. The summed E-state index contributed by atoms with van der Waals surface area (Å²) in [6, 6.07) is 27.9. The molecule has 0 aliphatic rings. The summed E-state index contributed by atoms with van der Waals surface area (Å²) in [6.45, 7) is 31.9. The Labute approximate surface area is 593 Å². The summed E-state index contributed by atoms with van der Waals surface area (Å²) in [7, 11) is -23.5. The fraction of sp³-hybridized carbons (Fsp3) is 0.456. The SMILES string of the molecule is CC(C)(C)c1ccc(C(=O)c2ccc(C(C)(C)C)c(SC(F)(F)C(F)(F)S(=O)(=O)O)c2)cc1.CC(C)(C)c1ccc(C(F)(F)c2ccc(C(C)(C)C)c(SC(F)(F)C(F)(F)S(=O)(=O)O)c2)cc1.CC(C)(C)c1ccc(S(=O)(=O)c2ccc(C(C)(C)C)c(SC(F)(F)C(F)(F)S(=O)(=O)O)c2)cc1. The lowest BCUT2D eigenvalue weighted by Gasteiger charge is -2.29. The molecule has 0 amide bonds. The van der Waals surface area contributed by atoms with Gasteiger partial charge in [0.05, 0.1) is 9.79 Å². The van der Waals surface area contributed by atoms with Crippen LogP contribution in [0, 0.1) is 0 Å². The number of carbonyl (C=O) groups is 1. The second-order valence-corrected chi connectivity index (χ2v) is 39.3. The first kappa shape index (κ1) is 88.1. The number of hydrogen-bond donors (Lipinski definition) is 3. The van der Waals surface area contributed by atoms with Crippen molar-refractivity contribution in [1.29, 1.82) is 0 Å². The number of thioether (sulfide) groups is 3. The number of sulfone groups is 1. The van der Waals surface area contributed by atoms with Gasteiger partial charge in [0.2, 0.25) is 9.84 Å². The Morgan fingerprint density at radius 3 is 0.861 bits per heavy atom. The van der Waals surface area contributed by atoms with Gasteiger partial charge in [0.1, 0.15) is 0 Å². The molecule has 3 N–H and O–H groups in total. The second kappa shape index (κ2) is 29.2. The largest absolute Gasteiger partial charge is 0.442 e. The van der Waals surface area contributed by atoms with Crippen molar-refractivity contribution < 1.29 is 114 Å². The zero-order chi connectivity index (χ0) is 78.7. The summed E-state index contributed by atoms with van der Waals surface area (Å²) in [5, 5.41) is -33.2. The van der Waals surface area contributed by atoms with Crippen molar-refractivity contribution in [1.82, 2.24) is 0 Å². The first-order valence-electron chi connectivity index (χ1n) is 29.9. The van der Waals surface area contributed by atoms with E-state index < -0.39 is 166 Å². The van der Waals surface area contributed by atoms with Gasteiger partial charge < -0.3 is 0 Å². The molecular weight excluding hydrogens is 1500 g/mol. The average Bonchev–Trinajstić information content (AvgIpc) is 0.766. The summed E-state index contributed by atoms with van der Waals surface area (Å²) < 4.78 is 317. The van der Waals surface area contributed by atoms with Crippen LogP contribution in [0.1, 0.15) is 185 Å². The third kappa shape index (κ3) is 20.2. The molecule has 0 bridgehead atoms. The van der Waals surface area contributed by atoms with Gasteiger partial charge in [-0.15, -0.1) is 0 Å². The number of hydrogen-bond acceptors (Lipinski definition) is 12. The molecule has 6 aromatic carbocycles. The summed E-state index contributed by atoms with van der Waals surface area (Å²) in [6.07, 6.45) is 0. The van der Waals surface area contributed by atoms with Crippen molar-refractivity contribution in [2.45, 2.75) is 219 Å². The third-order valence-corrected chi connectivity index (χ3v) is 23.2. The average molecular weight is 1580 g/mol. The highest BCUT2D eigenvalue weighted by Crippen LogP contribution is 2.55. The van der Waals surface area contributed by atoms with Gasteiger partial charge in [0.25, 0.3) is 5.92 Å². The van der Waals surface area contributed by atoms with Gasteiger partial charge in [0, 0.05) is 36.9 Å². The number of rotatable bonds is 18. The highest BCUT2D eigenvalue weighted by atomic mass is 32.2. The highest BCUT2D eigenvalue weighted by molar-refractivity contribution is 8.02. The monoisotopic (exact) mass is 1580 g/mol. The standard InChI is InChI=1S/C23H26F6O3S2.C23H26F4O4S2.C22H26F4O5S3/c1-19(2,3)14-7-9-15(10-8-14)21(24,25)16-11-12-17(20(4,5)6)18(13-16)33-22(26,27)23(28,29)34(30,31)32;1-20(2,3)16-10-7-14(8-11-16)19(28)15-9-12-17(21(4,5)6)18(13-15)32-22(24,25)23(26,27)33(29,30)31;1-19(2,3)14-7-9-15(10-8-14)33(27,28)16-11-12-17(20(4,5)6)18(13-16)32-21(23,24)22(25,26)34(29,30)31/h7-13H,1-6H3,(H,30,31,32);7-13H,1-6H3,(H,29,30,31);7-13H,1-6H3,(H,29,30,31). The lowest BCUT2D eigenvalue weighted by Crippen LogP contribution is -2.44. The minimum Gasteiger partial charge on any atom is -0.289 e. The molecule has 0 spiro atoms. The predicted molar refractivity (Wildman–Crippen MR) is 365 cm³/mol. The van der Waals surface area contributed by atoms with Crippen LogP contribution in [0.2, 0.25) is 0 Å². The van der Waals surface area contributed by atoms with E-state index in [2.05, 4.69) is 0 Å². The van der Waals surface area contributed by atoms with Crippen molar-refractivity contribution in [3.8, 4) is 0 Å². The van der Waals surface area contributed by atoms with Gasteiger partial charge in [-0.1, -0.05) is 216 Å². The molecule has 0 heterocycles. The summed E-state index contributed by atoms with van der Waals surface area (Å²) in [4.78, 5) is 10.8. The number of alkyl halides is 14. The first-order chi connectivity index (χ1) is 44.7. The zero-order valence-electron chi connectivity index (χ0n) is 57.8. The van der Waals surface area contributed by atoms with Crippen LogP contribution in [0.4, 0.5) is 61.5 Å². The van der Waals surface area contributed by atoms with Gasteiger partial charge in [-0.05, 0) is 138 Å². The molecule has 0 saturated heterocycles. The highest BCUT2D eigenvalue weighted by Gasteiger charge is 2.69. The van der Waals surface area contributed by atoms with Crippen LogP contribution < -0.4 is 0 Å². The maximum atomic E-state index is 15.3. The van der Waals surface area contributed by atoms with Gasteiger partial charge in [-0.3, -0.25) is 18.5 Å². The van der Waals surface area contributed by atoms with Gasteiger partial charge in [-0.25, -0.2) is 8.42 Å². The van der Waals surface area contributed by atoms with Crippen LogP contribution in [0.5, 0.6) is 0 Å². The third-order valence-electron chi connectivity index (χ3n) is 15.1. The molecular formula is C68H78F14O12S7. The molecule has 0 aliphatic carbocycles. The summed E-state index contributed by atoms with van der Waals surface area (Å²) >= 11 is -2.42. The Balaban J connectivity index is 0.000000321. The molecule has 101 heavy (non-hydrogen) atoms.